The van der Waals surface area contributed by atoms with Gasteiger partial charge in [-0.25, -0.2) is 4.98 Å². The second-order valence-corrected chi connectivity index (χ2v) is 3.10. The van der Waals surface area contributed by atoms with Crippen LogP contribution in [0.5, 0.6) is 0 Å². The van der Waals surface area contributed by atoms with E-state index < -0.39 is 5.95 Å². The van der Waals surface area contributed by atoms with Crippen molar-refractivity contribution >= 4 is 5.82 Å². The molecule has 0 aromatic carbocycles. The van der Waals surface area contributed by atoms with Crippen molar-refractivity contribution in [3.63, 3.8) is 0 Å². The number of pyridine rings is 1. The van der Waals surface area contributed by atoms with Crippen molar-refractivity contribution in [2.24, 2.45) is 0 Å². The summed E-state index contributed by atoms with van der Waals surface area (Å²) in [6.07, 6.45) is 0. The van der Waals surface area contributed by atoms with Crippen molar-refractivity contribution in [1.82, 2.24) is 4.98 Å². The minimum Gasteiger partial charge on any atom is -0.368 e. The number of aromatic nitrogens is 1. The van der Waals surface area contributed by atoms with E-state index in [0.29, 0.717) is 5.82 Å². The smallest absolute Gasteiger partial charge is 0.214 e. The second-order valence-electron chi connectivity index (χ2n) is 3.10. The number of halogens is 1. The van der Waals surface area contributed by atoms with Gasteiger partial charge in [-0.2, -0.15) is 4.39 Å². The lowest BCUT2D eigenvalue weighted by Crippen LogP contribution is -2.12. The number of hydrogen-bond donors (Lipinski definition) is 1. The molecule has 0 aliphatic rings. The third-order valence-corrected chi connectivity index (χ3v) is 1.49. The molecular formula is C9H13FN2. The van der Waals surface area contributed by atoms with Gasteiger partial charge in [0.2, 0.25) is 5.95 Å². The zero-order valence-corrected chi connectivity index (χ0v) is 7.56. The van der Waals surface area contributed by atoms with E-state index in [-0.39, 0.29) is 6.04 Å². The van der Waals surface area contributed by atoms with Crippen molar-refractivity contribution < 1.29 is 4.39 Å². The number of nitrogens with zero attached hydrogens (tertiary/aromatic N) is 1. The Balaban J connectivity index is 2.90. The van der Waals surface area contributed by atoms with Crippen molar-refractivity contribution in [1.29, 1.82) is 0 Å². The van der Waals surface area contributed by atoms with Crippen LogP contribution in [-0.4, -0.2) is 11.0 Å². The molecule has 0 spiro atoms. The maximum Gasteiger partial charge on any atom is 0.214 e. The quantitative estimate of drug-likeness (QED) is 0.685. The van der Waals surface area contributed by atoms with Crippen LogP contribution in [-0.2, 0) is 0 Å². The lowest BCUT2D eigenvalue weighted by molar-refractivity contribution is 0.583. The molecule has 3 heteroatoms. The van der Waals surface area contributed by atoms with E-state index in [2.05, 4.69) is 10.3 Å². The van der Waals surface area contributed by atoms with Crippen LogP contribution >= 0.6 is 0 Å². The zero-order chi connectivity index (χ0) is 9.14. The molecule has 0 fully saturated rings. The molecule has 1 rings (SSSR count). The number of anilines is 1. The molecule has 66 valence electrons. The van der Waals surface area contributed by atoms with Crippen LogP contribution in [0.25, 0.3) is 0 Å². The van der Waals surface area contributed by atoms with Crippen LogP contribution in [0.2, 0.25) is 0 Å². The van der Waals surface area contributed by atoms with Crippen molar-refractivity contribution in [3.8, 4) is 0 Å². The van der Waals surface area contributed by atoms with Crippen LogP contribution in [0.4, 0.5) is 10.2 Å². The van der Waals surface area contributed by atoms with E-state index in [0.717, 1.165) is 5.56 Å². The maximum absolute atomic E-state index is 12.6. The van der Waals surface area contributed by atoms with Crippen molar-refractivity contribution in [2.45, 2.75) is 26.8 Å². The molecule has 0 amide bonds. The summed E-state index contributed by atoms with van der Waals surface area (Å²) in [7, 11) is 0. The van der Waals surface area contributed by atoms with Gasteiger partial charge in [-0.05, 0) is 32.4 Å². The molecule has 0 saturated carbocycles. The maximum atomic E-state index is 12.6. The predicted molar refractivity (Wildman–Crippen MR) is 47.7 cm³/mol. The summed E-state index contributed by atoms with van der Waals surface area (Å²) in [6, 6.07) is 3.35. The Morgan fingerprint density at radius 1 is 1.42 bits per heavy atom. The van der Waals surface area contributed by atoms with Crippen LogP contribution < -0.4 is 5.32 Å². The SMILES string of the molecule is Cc1ccc(F)nc1NC(C)C. The molecule has 1 heterocycles. The molecule has 0 bridgehead atoms. The van der Waals surface area contributed by atoms with Gasteiger partial charge in [0.1, 0.15) is 5.82 Å². The van der Waals surface area contributed by atoms with Gasteiger partial charge in [-0.1, -0.05) is 6.07 Å². The topological polar surface area (TPSA) is 24.9 Å². The van der Waals surface area contributed by atoms with Crippen molar-refractivity contribution in [3.05, 3.63) is 23.6 Å². The summed E-state index contributed by atoms with van der Waals surface area (Å²) in [5.74, 6) is 0.189. The summed E-state index contributed by atoms with van der Waals surface area (Å²) < 4.78 is 12.6. The zero-order valence-electron chi connectivity index (χ0n) is 7.56. The van der Waals surface area contributed by atoms with Gasteiger partial charge in [0, 0.05) is 6.04 Å². The van der Waals surface area contributed by atoms with E-state index in [1.165, 1.54) is 6.07 Å². The third-order valence-electron chi connectivity index (χ3n) is 1.49. The molecule has 0 aliphatic carbocycles. The van der Waals surface area contributed by atoms with Crippen molar-refractivity contribution in [2.75, 3.05) is 5.32 Å². The molecule has 12 heavy (non-hydrogen) atoms. The summed E-state index contributed by atoms with van der Waals surface area (Å²) in [5, 5.41) is 3.06. The van der Waals surface area contributed by atoms with E-state index in [1.807, 2.05) is 20.8 Å². The molecule has 0 saturated heterocycles. The Morgan fingerprint density at radius 3 is 2.67 bits per heavy atom. The standard InChI is InChI=1S/C9H13FN2/c1-6(2)11-9-7(3)4-5-8(10)12-9/h4-6H,1-3H3,(H,11,12). The Morgan fingerprint density at radius 2 is 2.08 bits per heavy atom. The lowest BCUT2D eigenvalue weighted by Gasteiger charge is -2.10. The van der Waals surface area contributed by atoms with E-state index in [9.17, 15) is 4.39 Å². The van der Waals surface area contributed by atoms with Gasteiger partial charge < -0.3 is 5.32 Å². The minimum absolute atomic E-state index is 0.276. The number of rotatable bonds is 2. The van der Waals surface area contributed by atoms with Gasteiger partial charge in [-0.15, -0.1) is 0 Å². The minimum atomic E-state index is -0.441. The first-order valence-corrected chi connectivity index (χ1v) is 3.99. The normalized spacial score (nSPS) is 10.4. The monoisotopic (exact) mass is 168 g/mol. The fourth-order valence-electron chi connectivity index (χ4n) is 0.924. The molecule has 0 atom stereocenters. The Hall–Kier alpha value is -1.12. The van der Waals surface area contributed by atoms with Gasteiger partial charge in [0.25, 0.3) is 0 Å². The average Bonchev–Trinajstić information content (AvgIpc) is 1.96. The first-order chi connectivity index (χ1) is 5.59. The second kappa shape index (κ2) is 3.52. The molecular weight excluding hydrogens is 155 g/mol. The third kappa shape index (κ3) is 2.19. The lowest BCUT2D eigenvalue weighted by atomic mass is 10.2. The highest BCUT2D eigenvalue weighted by molar-refractivity contribution is 5.43. The molecule has 2 nitrogen and oxygen atoms in total. The highest BCUT2D eigenvalue weighted by Crippen LogP contribution is 2.12. The summed E-state index contributed by atoms with van der Waals surface area (Å²) in [4.78, 5) is 3.74. The molecule has 0 unspecified atom stereocenters. The largest absolute Gasteiger partial charge is 0.368 e. The first-order valence-electron chi connectivity index (χ1n) is 3.99. The first kappa shape index (κ1) is 8.97. The van der Waals surface area contributed by atoms with Gasteiger partial charge >= 0.3 is 0 Å². The summed E-state index contributed by atoms with van der Waals surface area (Å²) in [5.41, 5.74) is 0.963. The van der Waals surface area contributed by atoms with Gasteiger partial charge in [0.15, 0.2) is 0 Å². The van der Waals surface area contributed by atoms with Crippen LogP contribution in [0.15, 0.2) is 12.1 Å². The molecule has 1 N–H and O–H groups in total. The molecule has 1 aromatic heterocycles. The van der Waals surface area contributed by atoms with Gasteiger partial charge in [-0.3, -0.25) is 0 Å². The van der Waals surface area contributed by atoms with E-state index in [1.54, 1.807) is 6.07 Å². The van der Waals surface area contributed by atoms with E-state index >= 15 is 0 Å². The Bertz CT molecular complexity index is 271. The molecule has 0 aliphatic heterocycles. The number of nitrogens with one attached hydrogen (secondary N) is 1. The predicted octanol–water partition coefficient (Wildman–Crippen LogP) is 2.35. The molecule has 1 aromatic rings. The van der Waals surface area contributed by atoms with Crippen LogP contribution in [0.1, 0.15) is 19.4 Å². The van der Waals surface area contributed by atoms with Crippen LogP contribution in [0.3, 0.4) is 0 Å². The Labute approximate surface area is 71.8 Å². The average molecular weight is 168 g/mol. The fourth-order valence-corrected chi connectivity index (χ4v) is 0.924. The molecule has 0 radical (unpaired) electrons. The summed E-state index contributed by atoms with van der Waals surface area (Å²) in [6.45, 7) is 5.88. The fraction of sp³-hybridized carbons (Fsp3) is 0.444. The summed E-state index contributed by atoms with van der Waals surface area (Å²) >= 11 is 0. The van der Waals surface area contributed by atoms with E-state index in [4.69, 9.17) is 0 Å². The Kier molecular flexibility index (Phi) is 2.63. The highest BCUT2D eigenvalue weighted by Gasteiger charge is 2.02. The number of aryl methyl sites for hydroxylation is 1. The van der Waals surface area contributed by atoms with Gasteiger partial charge in [0.05, 0.1) is 0 Å². The highest BCUT2D eigenvalue weighted by atomic mass is 19.1. The van der Waals surface area contributed by atoms with Crippen LogP contribution in [0, 0.1) is 12.9 Å². The number of hydrogen-bond acceptors (Lipinski definition) is 2.